The molecule has 1 fully saturated rings. The normalized spacial score (nSPS) is 21.8. The Morgan fingerprint density at radius 3 is 2.54 bits per heavy atom. The molecule has 0 bridgehead atoms. The van der Waals surface area contributed by atoms with E-state index in [0.29, 0.717) is 29.6 Å². The lowest BCUT2D eigenvalue weighted by Crippen LogP contribution is -2.52. The maximum atomic E-state index is 12.1. The van der Waals surface area contributed by atoms with Crippen LogP contribution in [0.15, 0.2) is 24.3 Å². The first-order chi connectivity index (χ1) is 13.5. The number of amides is 2. The van der Waals surface area contributed by atoms with E-state index >= 15 is 0 Å². The van der Waals surface area contributed by atoms with E-state index in [2.05, 4.69) is 33.1 Å². The number of esters is 1. The highest BCUT2D eigenvalue weighted by Gasteiger charge is 2.42. The Morgan fingerprint density at radius 2 is 1.93 bits per heavy atom. The predicted octanol–water partition coefficient (Wildman–Crippen LogP) is 2.17. The van der Waals surface area contributed by atoms with Gasteiger partial charge < -0.3 is 15.4 Å². The molecule has 1 heterocycles. The average molecular weight is 386 g/mol. The molecule has 0 spiro atoms. The van der Waals surface area contributed by atoms with Gasteiger partial charge in [0.05, 0.1) is 17.9 Å². The summed E-state index contributed by atoms with van der Waals surface area (Å²) in [5.41, 5.74) is 0.533. The number of carbonyl (C=O) groups excluding carboxylic acids is 2. The van der Waals surface area contributed by atoms with Crippen molar-refractivity contribution < 1.29 is 14.3 Å². The number of benzene rings is 1. The summed E-state index contributed by atoms with van der Waals surface area (Å²) in [5, 5.41) is 17.9. The van der Waals surface area contributed by atoms with Crippen molar-refractivity contribution in [1.29, 1.82) is 0 Å². The maximum absolute atomic E-state index is 12.1. The zero-order valence-corrected chi connectivity index (χ0v) is 16.4. The summed E-state index contributed by atoms with van der Waals surface area (Å²) >= 11 is 0. The second-order valence-corrected chi connectivity index (χ2v) is 7.15. The molecule has 1 aliphatic rings. The molecule has 150 valence electrons. The molecule has 2 aromatic rings. The van der Waals surface area contributed by atoms with Gasteiger partial charge >= 0.3 is 12.0 Å². The molecule has 0 saturated heterocycles. The smallest absolute Gasteiger partial charge is 0.338 e. The van der Waals surface area contributed by atoms with Crippen LogP contribution in [-0.2, 0) is 10.3 Å². The van der Waals surface area contributed by atoms with Crippen molar-refractivity contribution in [2.75, 3.05) is 13.7 Å². The standard InChI is InChI=1S/C19H26N6O3/c1-4-28-16(26)14-5-7-15(8-6-14)25-17(22-23-24-25)19(21-18(27)20-3)11-9-13(2)10-12-19/h5-8,13H,4,9-12H2,1-3H3,(H2,20,21,27). The Balaban J connectivity index is 1.94. The highest BCUT2D eigenvalue weighted by atomic mass is 16.5. The Hall–Kier alpha value is -2.97. The predicted molar refractivity (Wildman–Crippen MR) is 102 cm³/mol. The first kappa shape index (κ1) is 19.8. The molecule has 9 heteroatoms. The minimum Gasteiger partial charge on any atom is -0.462 e. The molecule has 1 aliphatic carbocycles. The van der Waals surface area contributed by atoms with Crippen LogP contribution in [0.5, 0.6) is 0 Å². The highest BCUT2D eigenvalue weighted by molar-refractivity contribution is 5.89. The van der Waals surface area contributed by atoms with Gasteiger partial charge in [0.25, 0.3) is 0 Å². The van der Waals surface area contributed by atoms with Gasteiger partial charge in [-0.3, -0.25) is 0 Å². The molecule has 2 amide bonds. The number of hydrogen-bond donors (Lipinski definition) is 2. The molecule has 0 aliphatic heterocycles. The quantitative estimate of drug-likeness (QED) is 0.762. The third-order valence-corrected chi connectivity index (χ3v) is 5.23. The molecule has 0 atom stereocenters. The number of urea groups is 1. The van der Waals surface area contributed by atoms with Crippen LogP contribution in [0.1, 0.15) is 55.7 Å². The molecule has 1 aromatic carbocycles. The fraction of sp³-hybridized carbons (Fsp3) is 0.526. The van der Waals surface area contributed by atoms with Gasteiger partial charge in [-0.2, -0.15) is 4.68 Å². The number of tetrazole rings is 1. The van der Waals surface area contributed by atoms with E-state index in [4.69, 9.17) is 4.74 Å². The van der Waals surface area contributed by atoms with Gasteiger partial charge in [0.15, 0.2) is 5.82 Å². The number of hydrogen-bond acceptors (Lipinski definition) is 6. The average Bonchev–Trinajstić information content (AvgIpc) is 3.21. The summed E-state index contributed by atoms with van der Waals surface area (Å²) in [6, 6.07) is 6.64. The lowest BCUT2D eigenvalue weighted by atomic mass is 9.76. The van der Waals surface area contributed by atoms with Crippen molar-refractivity contribution in [2.24, 2.45) is 5.92 Å². The molecule has 28 heavy (non-hydrogen) atoms. The van der Waals surface area contributed by atoms with Crippen molar-refractivity contribution in [3.05, 3.63) is 35.7 Å². The van der Waals surface area contributed by atoms with E-state index in [1.165, 1.54) is 0 Å². The summed E-state index contributed by atoms with van der Waals surface area (Å²) in [4.78, 5) is 24.0. The fourth-order valence-electron chi connectivity index (χ4n) is 3.55. The molecule has 0 unspecified atom stereocenters. The molecule has 2 N–H and O–H groups in total. The number of nitrogens with zero attached hydrogens (tertiary/aromatic N) is 4. The largest absolute Gasteiger partial charge is 0.462 e. The minimum absolute atomic E-state index is 0.262. The maximum Gasteiger partial charge on any atom is 0.338 e. The second kappa shape index (κ2) is 8.37. The van der Waals surface area contributed by atoms with Crippen LogP contribution in [-0.4, -0.2) is 45.9 Å². The van der Waals surface area contributed by atoms with Gasteiger partial charge in [-0.1, -0.05) is 6.92 Å². The Labute approximate surface area is 163 Å². The number of carbonyl (C=O) groups is 2. The van der Waals surface area contributed by atoms with Crippen LogP contribution in [0.2, 0.25) is 0 Å². The monoisotopic (exact) mass is 386 g/mol. The molecule has 3 rings (SSSR count). The first-order valence-corrected chi connectivity index (χ1v) is 9.55. The van der Waals surface area contributed by atoms with Crippen LogP contribution in [0.25, 0.3) is 5.69 Å². The van der Waals surface area contributed by atoms with Crippen LogP contribution in [0, 0.1) is 5.92 Å². The fourth-order valence-corrected chi connectivity index (χ4v) is 3.55. The number of ether oxygens (including phenoxy) is 1. The van der Waals surface area contributed by atoms with Crippen LogP contribution < -0.4 is 10.6 Å². The van der Waals surface area contributed by atoms with Crippen molar-refractivity contribution in [2.45, 2.75) is 45.1 Å². The van der Waals surface area contributed by atoms with Gasteiger partial charge in [-0.15, -0.1) is 5.10 Å². The van der Waals surface area contributed by atoms with E-state index in [1.54, 1.807) is 42.9 Å². The highest BCUT2D eigenvalue weighted by Crippen LogP contribution is 2.39. The SMILES string of the molecule is CCOC(=O)c1ccc(-n2nnnc2C2(NC(=O)NC)CCC(C)CC2)cc1. The Bertz CT molecular complexity index is 824. The van der Waals surface area contributed by atoms with Crippen LogP contribution in [0.4, 0.5) is 4.79 Å². The van der Waals surface area contributed by atoms with Crippen molar-refractivity contribution >= 4 is 12.0 Å². The van der Waals surface area contributed by atoms with Gasteiger partial charge in [-0.25, -0.2) is 9.59 Å². The Kier molecular flexibility index (Phi) is 5.91. The molecule has 1 saturated carbocycles. The number of aromatic nitrogens is 4. The Morgan fingerprint density at radius 1 is 1.25 bits per heavy atom. The van der Waals surface area contributed by atoms with Crippen LogP contribution >= 0.6 is 0 Å². The lowest BCUT2D eigenvalue weighted by Gasteiger charge is -2.38. The molecule has 0 radical (unpaired) electrons. The van der Waals surface area contributed by atoms with Gasteiger partial charge in [-0.05, 0) is 73.2 Å². The summed E-state index contributed by atoms with van der Waals surface area (Å²) in [5.74, 6) is 0.810. The third kappa shape index (κ3) is 3.97. The third-order valence-electron chi connectivity index (χ3n) is 5.23. The topological polar surface area (TPSA) is 111 Å². The van der Waals surface area contributed by atoms with Gasteiger partial charge in [0.2, 0.25) is 0 Å². The molecule has 9 nitrogen and oxygen atoms in total. The van der Waals surface area contributed by atoms with Gasteiger partial charge in [0, 0.05) is 7.05 Å². The number of rotatable bonds is 5. The first-order valence-electron chi connectivity index (χ1n) is 9.55. The summed E-state index contributed by atoms with van der Waals surface area (Å²) in [6.45, 7) is 4.30. The van der Waals surface area contributed by atoms with Gasteiger partial charge in [0.1, 0.15) is 5.54 Å². The molecular weight excluding hydrogens is 360 g/mol. The number of nitrogens with one attached hydrogen (secondary N) is 2. The minimum atomic E-state index is -0.643. The zero-order chi connectivity index (χ0) is 20.1. The van der Waals surface area contributed by atoms with Crippen molar-refractivity contribution in [1.82, 2.24) is 30.8 Å². The lowest BCUT2D eigenvalue weighted by molar-refractivity contribution is 0.0526. The van der Waals surface area contributed by atoms with E-state index in [1.807, 2.05) is 0 Å². The summed E-state index contributed by atoms with van der Waals surface area (Å²) < 4.78 is 6.64. The van der Waals surface area contributed by atoms with Crippen LogP contribution in [0.3, 0.4) is 0 Å². The van der Waals surface area contributed by atoms with E-state index in [9.17, 15) is 9.59 Å². The summed E-state index contributed by atoms with van der Waals surface area (Å²) in [6.07, 6.45) is 3.45. The van der Waals surface area contributed by atoms with E-state index in [0.717, 1.165) is 25.7 Å². The van der Waals surface area contributed by atoms with E-state index < -0.39 is 5.54 Å². The zero-order valence-electron chi connectivity index (χ0n) is 16.4. The molecule has 1 aromatic heterocycles. The molecular formula is C19H26N6O3. The summed E-state index contributed by atoms with van der Waals surface area (Å²) in [7, 11) is 1.59. The van der Waals surface area contributed by atoms with E-state index in [-0.39, 0.29) is 12.0 Å². The van der Waals surface area contributed by atoms with Crippen molar-refractivity contribution in [3.8, 4) is 5.69 Å². The second-order valence-electron chi connectivity index (χ2n) is 7.15. The van der Waals surface area contributed by atoms with Crippen molar-refractivity contribution in [3.63, 3.8) is 0 Å².